The van der Waals surface area contributed by atoms with Crippen molar-refractivity contribution in [3.05, 3.63) is 42.1 Å². The number of H-pyrrole nitrogens is 1. The summed E-state index contributed by atoms with van der Waals surface area (Å²) in [5.41, 5.74) is 1.85. The van der Waals surface area contributed by atoms with Crippen LogP contribution in [0, 0.1) is 0 Å². The number of carbonyl (C=O) groups is 1. The van der Waals surface area contributed by atoms with E-state index in [0.29, 0.717) is 5.65 Å². The number of thiazole rings is 1. The van der Waals surface area contributed by atoms with E-state index >= 15 is 0 Å². The molecule has 0 radical (unpaired) electrons. The molecule has 0 aliphatic carbocycles. The zero-order chi connectivity index (χ0) is 11.8. The molecule has 5 heteroatoms. The van der Waals surface area contributed by atoms with E-state index in [0.717, 1.165) is 15.3 Å². The van der Waals surface area contributed by atoms with Crippen molar-refractivity contribution in [2.24, 2.45) is 0 Å². The smallest absolute Gasteiger partial charge is 0.352 e. The van der Waals surface area contributed by atoms with Gasteiger partial charge < -0.3 is 10.1 Å². The Balaban J connectivity index is 2.10. The lowest BCUT2D eigenvalue weighted by molar-refractivity contribution is 0.0691. The van der Waals surface area contributed by atoms with Crippen LogP contribution in [0.3, 0.4) is 0 Å². The number of fused-ring (bicyclic) bond motifs is 1. The Morgan fingerprint density at radius 1 is 1.29 bits per heavy atom. The third kappa shape index (κ3) is 1.70. The van der Waals surface area contributed by atoms with E-state index in [9.17, 15) is 4.79 Å². The molecule has 0 aliphatic rings. The summed E-state index contributed by atoms with van der Waals surface area (Å²) in [5, 5.41) is 9.73. The Bertz CT molecular complexity index is 653. The number of nitrogens with zero attached hydrogens (tertiary/aromatic N) is 1. The standard InChI is InChI=1S/C12H8N2O2S/c15-12(16)8-6-9-10(13-8)14-11(17-9)7-4-2-1-3-5-7/h1-6,13H,(H,15,16). The largest absolute Gasteiger partial charge is 0.477 e. The zero-order valence-corrected chi connectivity index (χ0v) is 9.49. The van der Waals surface area contributed by atoms with Crippen LogP contribution in [0.1, 0.15) is 10.5 Å². The summed E-state index contributed by atoms with van der Waals surface area (Å²) in [7, 11) is 0. The molecule has 0 saturated carbocycles. The van der Waals surface area contributed by atoms with Crippen LogP contribution < -0.4 is 0 Å². The molecular weight excluding hydrogens is 236 g/mol. The Labute approximate surface area is 101 Å². The summed E-state index contributed by atoms with van der Waals surface area (Å²) < 4.78 is 0.862. The molecule has 0 saturated heterocycles. The summed E-state index contributed by atoms with van der Waals surface area (Å²) in [4.78, 5) is 17.9. The Morgan fingerprint density at radius 3 is 2.71 bits per heavy atom. The molecule has 0 aliphatic heterocycles. The number of carboxylic acids is 1. The van der Waals surface area contributed by atoms with Crippen LogP contribution in [0.4, 0.5) is 0 Å². The molecule has 0 unspecified atom stereocenters. The Hall–Kier alpha value is -2.14. The van der Waals surface area contributed by atoms with Gasteiger partial charge in [-0.2, -0.15) is 0 Å². The molecule has 1 aromatic carbocycles. The second-order valence-electron chi connectivity index (χ2n) is 3.59. The van der Waals surface area contributed by atoms with Crippen molar-refractivity contribution in [3.63, 3.8) is 0 Å². The highest BCUT2D eigenvalue weighted by atomic mass is 32.1. The van der Waals surface area contributed by atoms with Crippen molar-refractivity contribution in [1.82, 2.24) is 9.97 Å². The third-order valence-corrected chi connectivity index (χ3v) is 3.48. The number of hydrogen-bond donors (Lipinski definition) is 2. The minimum atomic E-state index is -0.962. The van der Waals surface area contributed by atoms with Crippen molar-refractivity contribution >= 4 is 27.7 Å². The van der Waals surface area contributed by atoms with Gasteiger partial charge in [0.15, 0.2) is 0 Å². The highest BCUT2D eigenvalue weighted by Crippen LogP contribution is 2.30. The van der Waals surface area contributed by atoms with E-state index in [2.05, 4.69) is 9.97 Å². The second kappa shape index (κ2) is 3.71. The zero-order valence-electron chi connectivity index (χ0n) is 8.68. The number of aromatic carboxylic acids is 1. The molecular formula is C12H8N2O2S. The first kappa shape index (κ1) is 10.0. The van der Waals surface area contributed by atoms with Gasteiger partial charge in [0.2, 0.25) is 0 Å². The minimum Gasteiger partial charge on any atom is -0.477 e. The minimum absolute atomic E-state index is 0.179. The number of nitrogens with one attached hydrogen (secondary N) is 1. The molecule has 2 N–H and O–H groups in total. The molecule has 17 heavy (non-hydrogen) atoms. The van der Waals surface area contributed by atoms with E-state index in [4.69, 9.17) is 5.11 Å². The molecule has 2 heterocycles. The maximum atomic E-state index is 10.8. The molecule has 2 aromatic heterocycles. The molecule has 4 nitrogen and oxygen atoms in total. The van der Waals surface area contributed by atoms with Gasteiger partial charge in [-0.05, 0) is 6.07 Å². The lowest BCUT2D eigenvalue weighted by Gasteiger charge is -1.93. The molecule has 0 amide bonds. The van der Waals surface area contributed by atoms with Crippen molar-refractivity contribution in [2.75, 3.05) is 0 Å². The average molecular weight is 244 g/mol. The molecule has 0 fully saturated rings. The topological polar surface area (TPSA) is 66.0 Å². The van der Waals surface area contributed by atoms with E-state index in [1.165, 1.54) is 11.3 Å². The number of rotatable bonds is 2. The number of hydrogen-bond acceptors (Lipinski definition) is 3. The van der Waals surface area contributed by atoms with Gasteiger partial charge in [0.05, 0.1) is 4.70 Å². The van der Waals surface area contributed by atoms with E-state index in [1.54, 1.807) is 6.07 Å². The normalized spacial score (nSPS) is 10.8. The lowest BCUT2D eigenvalue weighted by atomic mass is 10.2. The van der Waals surface area contributed by atoms with Crippen LogP contribution in [-0.4, -0.2) is 21.0 Å². The van der Waals surface area contributed by atoms with Crippen molar-refractivity contribution < 1.29 is 9.90 Å². The highest BCUT2D eigenvalue weighted by Gasteiger charge is 2.12. The van der Waals surface area contributed by atoms with Crippen molar-refractivity contribution in [3.8, 4) is 10.6 Å². The van der Waals surface area contributed by atoms with E-state index in [1.807, 2.05) is 30.3 Å². The van der Waals surface area contributed by atoms with E-state index < -0.39 is 5.97 Å². The first-order chi connectivity index (χ1) is 8.24. The van der Waals surface area contributed by atoms with Crippen LogP contribution in [0.25, 0.3) is 20.9 Å². The molecule has 3 aromatic rings. The predicted molar refractivity (Wildman–Crippen MR) is 66.4 cm³/mol. The molecule has 0 spiro atoms. The van der Waals surface area contributed by atoms with Crippen molar-refractivity contribution in [1.29, 1.82) is 0 Å². The molecule has 3 rings (SSSR count). The maximum Gasteiger partial charge on any atom is 0.352 e. The van der Waals surface area contributed by atoms with Gasteiger partial charge in [0.1, 0.15) is 16.3 Å². The molecule has 84 valence electrons. The summed E-state index contributed by atoms with van der Waals surface area (Å²) in [5.74, 6) is -0.962. The van der Waals surface area contributed by atoms with Gasteiger partial charge in [0, 0.05) is 5.56 Å². The summed E-state index contributed by atoms with van der Waals surface area (Å²) in [6.45, 7) is 0. The monoisotopic (exact) mass is 244 g/mol. The Kier molecular flexibility index (Phi) is 2.19. The van der Waals surface area contributed by atoms with Crippen LogP contribution in [-0.2, 0) is 0 Å². The SMILES string of the molecule is O=C(O)c1cc2sc(-c3ccccc3)nc2[nH]1. The summed E-state index contributed by atoms with van der Waals surface area (Å²) >= 11 is 1.48. The maximum absolute atomic E-state index is 10.8. The average Bonchev–Trinajstić information content (AvgIpc) is 2.87. The van der Waals surface area contributed by atoms with Crippen LogP contribution in [0.5, 0.6) is 0 Å². The first-order valence-electron chi connectivity index (χ1n) is 5.02. The summed E-state index contributed by atoms with van der Waals surface area (Å²) in [6, 6.07) is 11.4. The van der Waals surface area contributed by atoms with Gasteiger partial charge >= 0.3 is 5.97 Å². The van der Waals surface area contributed by atoms with Gasteiger partial charge in [0.25, 0.3) is 0 Å². The van der Waals surface area contributed by atoms with Gasteiger partial charge in [-0.1, -0.05) is 30.3 Å². The number of carboxylic acid groups (broad SMARTS) is 1. The number of aromatic nitrogens is 2. The fourth-order valence-electron chi connectivity index (χ4n) is 1.63. The summed E-state index contributed by atoms with van der Waals surface area (Å²) in [6.07, 6.45) is 0. The van der Waals surface area contributed by atoms with E-state index in [-0.39, 0.29) is 5.69 Å². The quantitative estimate of drug-likeness (QED) is 0.728. The number of aromatic amines is 1. The molecule has 0 bridgehead atoms. The third-order valence-electron chi connectivity index (χ3n) is 2.43. The highest BCUT2D eigenvalue weighted by molar-refractivity contribution is 7.21. The lowest BCUT2D eigenvalue weighted by Crippen LogP contribution is -1.95. The van der Waals surface area contributed by atoms with Crippen LogP contribution in [0.15, 0.2) is 36.4 Å². The number of benzene rings is 1. The van der Waals surface area contributed by atoms with Crippen LogP contribution >= 0.6 is 11.3 Å². The second-order valence-corrected chi connectivity index (χ2v) is 4.62. The van der Waals surface area contributed by atoms with Crippen molar-refractivity contribution in [2.45, 2.75) is 0 Å². The van der Waals surface area contributed by atoms with Gasteiger partial charge in [-0.3, -0.25) is 0 Å². The van der Waals surface area contributed by atoms with Crippen LogP contribution in [0.2, 0.25) is 0 Å². The molecule has 0 atom stereocenters. The first-order valence-corrected chi connectivity index (χ1v) is 5.84. The van der Waals surface area contributed by atoms with Gasteiger partial charge in [-0.15, -0.1) is 11.3 Å². The fourth-order valence-corrected chi connectivity index (χ4v) is 2.60. The predicted octanol–water partition coefficient (Wildman–Crippen LogP) is 2.99. The van der Waals surface area contributed by atoms with Gasteiger partial charge in [-0.25, -0.2) is 9.78 Å². The Morgan fingerprint density at radius 2 is 2.06 bits per heavy atom. The fraction of sp³-hybridized carbons (Fsp3) is 0.